The van der Waals surface area contributed by atoms with Gasteiger partial charge in [0.1, 0.15) is 6.04 Å². The first-order chi connectivity index (χ1) is 9.02. The number of benzene rings is 1. The van der Waals surface area contributed by atoms with Gasteiger partial charge in [0, 0.05) is 11.7 Å². The molecule has 1 amide bonds. The van der Waals surface area contributed by atoms with E-state index < -0.39 is 6.04 Å². The van der Waals surface area contributed by atoms with Gasteiger partial charge in [-0.25, -0.2) is 10.8 Å². The number of nitrogens with one attached hydrogen (secondary N) is 3. The fourth-order valence-electron chi connectivity index (χ4n) is 1.42. The predicted octanol–water partition coefficient (Wildman–Crippen LogP) is 0.831. The van der Waals surface area contributed by atoms with Crippen LogP contribution in [0.1, 0.15) is 20.8 Å². The van der Waals surface area contributed by atoms with Crippen molar-refractivity contribution in [3.8, 4) is 0 Å². The minimum atomic E-state index is -0.523. The summed E-state index contributed by atoms with van der Waals surface area (Å²) in [6, 6.07) is 9.02. The average Bonchev–Trinajstić information content (AvgIpc) is 2.38. The van der Waals surface area contributed by atoms with E-state index in [1.807, 2.05) is 44.2 Å². The molecule has 0 saturated heterocycles. The number of guanidine groups is 1. The number of para-hydroxylation sites is 1. The molecule has 5 N–H and O–H groups in total. The van der Waals surface area contributed by atoms with Gasteiger partial charge in [-0.05, 0) is 32.9 Å². The third-order valence-corrected chi connectivity index (χ3v) is 2.31. The van der Waals surface area contributed by atoms with Crippen LogP contribution in [0.2, 0.25) is 0 Å². The van der Waals surface area contributed by atoms with E-state index in [1.54, 1.807) is 6.92 Å². The van der Waals surface area contributed by atoms with Gasteiger partial charge in [-0.1, -0.05) is 18.2 Å². The van der Waals surface area contributed by atoms with E-state index in [0.717, 1.165) is 5.69 Å². The van der Waals surface area contributed by atoms with Crippen molar-refractivity contribution in [1.82, 2.24) is 10.7 Å². The number of nitrogens with zero attached hydrogens (tertiary/aromatic N) is 1. The SMILES string of the molecule is CC(C)NC(=O)C(C)N=C(NN)Nc1ccccc1. The molecule has 1 rings (SSSR count). The van der Waals surface area contributed by atoms with Crippen molar-refractivity contribution >= 4 is 17.6 Å². The Balaban J connectivity index is 2.68. The maximum atomic E-state index is 11.7. The minimum absolute atomic E-state index is 0.0847. The van der Waals surface area contributed by atoms with E-state index >= 15 is 0 Å². The van der Waals surface area contributed by atoms with Gasteiger partial charge in [0.25, 0.3) is 0 Å². The van der Waals surface area contributed by atoms with Crippen LogP contribution < -0.4 is 21.9 Å². The molecule has 104 valence electrons. The summed E-state index contributed by atoms with van der Waals surface area (Å²) in [5.74, 6) is 5.60. The second kappa shape index (κ2) is 7.38. The standard InChI is InChI=1S/C13H21N5O/c1-9(2)15-12(19)10(3)16-13(18-14)17-11-7-5-4-6-8-11/h4-10H,14H2,1-3H3,(H,15,19)(H2,16,17,18). The van der Waals surface area contributed by atoms with Gasteiger partial charge in [0.15, 0.2) is 0 Å². The molecule has 6 nitrogen and oxygen atoms in total. The summed E-state index contributed by atoms with van der Waals surface area (Å²) in [4.78, 5) is 15.9. The minimum Gasteiger partial charge on any atom is -0.352 e. The second-order valence-electron chi connectivity index (χ2n) is 4.45. The number of carbonyl (C=O) groups excluding carboxylic acids is 1. The van der Waals surface area contributed by atoms with Gasteiger partial charge in [-0.15, -0.1) is 0 Å². The predicted molar refractivity (Wildman–Crippen MR) is 77.6 cm³/mol. The molecule has 0 aliphatic rings. The van der Waals surface area contributed by atoms with Crippen LogP contribution in [-0.2, 0) is 4.79 Å². The largest absolute Gasteiger partial charge is 0.352 e. The van der Waals surface area contributed by atoms with Gasteiger partial charge in [0.05, 0.1) is 0 Å². The third kappa shape index (κ3) is 5.39. The monoisotopic (exact) mass is 263 g/mol. The Morgan fingerprint density at radius 1 is 1.21 bits per heavy atom. The zero-order chi connectivity index (χ0) is 14.3. The zero-order valence-corrected chi connectivity index (χ0v) is 11.5. The van der Waals surface area contributed by atoms with Crippen LogP contribution >= 0.6 is 0 Å². The van der Waals surface area contributed by atoms with E-state index in [-0.39, 0.29) is 11.9 Å². The first-order valence-corrected chi connectivity index (χ1v) is 6.19. The highest BCUT2D eigenvalue weighted by molar-refractivity contribution is 5.95. The molecule has 1 unspecified atom stereocenters. The van der Waals surface area contributed by atoms with Crippen molar-refractivity contribution in [1.29, 1.82) is 0 Å². The zero-order valence-electron chi connectivity index (χ0n) is 11.5. The highest BCUT2D eigenvalue weighted by Gasteiger charge is 2.13. The molecule has 0 aliphatic heterocycles. The molecule has 0 bridgehead atoms. The van der Waals surface area contributed by atoms with Gasteiger partial charge in [0.2, 0.25) is 11.9 Å². The maximum Gasteiger partial charge on any atom is 0.244 e. The van der Waals surface area contributed by atoms with E-state index in [4.69, 9.17) is 5.84 Å². The van der Waals surface area contributed by atoms with E-state index in [9.17, 15) is 4.79 Å². The number of amides is 1. The van der Waals surface area contributed by atoms with Crippen LogP contribution in [0.5, 0.6) is 0 Å². The van der Waals surface area contributed by atoms with Crippen molar-refractivity contribution in [2.75, 3.05) is 5.32 Å². The summed E-state index contributed by atoms with van der Waals surface area (Å²) in [5, 5.41) is 5.80. The highest BCUT2D eigenvalue weighted by Crippen LogP contribution is 2.04. The first-order valence-electron chi connectivity index (χ1n) is 6.19. The fraction of sp³-hybridized carbons (Fsp3) is 0.385. The number of aliphatic imine (C=N–C) groups is 1. The molecule has 1 aromatic rings. The molecule has 0 fully saturated rings. The molecule has 19 heavy (non-hydrogen) atoms. The van der Waals surface area contributed by atoms with Crippen LogP contribution in [0.25, 0.3) is 0 Å². The van der Waals surface area contributed by atoms with Gasteiger partial charge in [-0.3, -0.25) is 10.2 Å². The van der Waals surface area contributed by atoms with Crippen molar-refractivity contribution in [2.24, 2.45) is 10.8 Å². The molecule has 1 atom stereocenters. The smallest absolute Gasteiger partial charge is 0.244 e. The third-order valence-electron chi connectivity index (χ3n) is 2.31. The Bertz CT molecular complexity index is 430. The van der Waals surface area contributed by atoms with Crippen molar-refractivity contribution in [3.63, 3.8) is 0 Å². The number of rotatable bonds is 4. The van der Waals surface area contributed by atoms with E-state index in [2.05, 4.69) is 21.1 Å². The molecule has 0 spiro atoms. The van der Waals surface area contributed by atoms with Crippen LogP contribution in [0, 0.1) is 0 Å². The normalized spacial score (nSPS) is 13.0. The van der Waals surface area contributed by atoms with Crippen LogP contribution in [0.3, 0.4) is 0 Å². The molecular formula is C13H21N5O. The quantitative estimate of drug-likeness (QED) is 0.280. The molecule has 1 aromatic carbocycles. The van der Waals surface area contributed by atoms with Gasteiger partial charge in [-0.2, -0.15) is 0 Å². The molecule has 0 radical (unpaired) electrons. The summed E-state index contributed by atoms with van der Waals surface area (Å²) in [6.07, 6.45) is 0. The van der Waals surface area contributed by atoms with Crippen molar-refractivity contribution in [2.45, 2.75) is 32.9 Å². The van der Waals surface area contributed by atoms with Gasteiger partial charge < -0.3 is 10.6 Å². The number of nitrogens with two attached hydrogens (primary N) is 1. The molecule has 0 saturated carbocycles. The summed E-state index contributed by atoms with van der Waals surface area (Å²) < 4.78 is 0. The molecule has 6 heteroatoms. The molecule has 0 aromatic heterocycles. The number of hydrogen-bond donors (Lipinski definition) is 4. The topological polar surface area (TPSA) is 91.5 Å². The lowest BCUT2D eigenvalue weighted by molar-refractivity contribution is -0.122. The summed E-state index contributed by atoms with van der Waals surface area (Å²) >= 11 is 0. The summed E-state index contributed by atoms with van der Waals surface area (Å²) in [5.41, 5.74) is 3.29. The Morgan fingerprint density at radius 3 is 2.37 bits per heavy atom. The Kier molecular flexibility index (Phi) is 5.81. The molecular weight excluding hydrogens is 242 g/mol. The number of anilines is 1. The number of hydrazine groups is 1. The number of hydrogen-bond acceptors (Lipinski definition) is 3. The lowest BCUT2D eigenvalue weighted by Gasteiger charge is -2.14. The summed E-state index contributed by atoms with van der Waals surface area (Å²) in [7, 11) is 0. The molecule has 0 heterocycles. The van der Waals surface area contributed by atoms with Crippen molar-refractivity contribution in [3.05, 3.63) is 30.3 Å². The Morgan fingerprint density at radius 2 is 1.84 bits per heavy atom. The first kappa shape index (κ1) is 15.0. The average molecular weight is 263 g/mol. The van der Waals surface area contributed by atoms with Crippen LogP contribution in [0.4, 0.5) is 5.69 Å². The lowest BCUT2D eigenvalue weighted by atomic mass is 10.3. The Hall–Kier alpha value is -2.08. The van der Waals surface area contributed by atoms with Crippen LogP contribution in [0.15, 0.2) is 35.3 Å². The highest BCUT2D eigenvalue weighted by atomic mass is 16.2. The lowest BCUT2D eigenvalue weighted by Crippen LogP contribution is -2.41. The van der Waals surface area contributed by atoms with Crippen LogP contribution in [-0.4, -0.2) is 24.0 Å². The van der Waals surface area contributed by atoms with E-state index in [1.165, 1.54) is 0 Å². The van der Waals surface area contributed by atoms with Crippen molar-refractivity contribution < 1.29 is 4.79 Å². The molecule has 0 aliphatic carbocycles. The summed E-state index contributed by atoms with van der Waals surface area (Å²) in [6.45, 7) is 5.51. The second-order valence-corrected chi connectivity index (χ2v) is 4.45. The van der Waals surface area contributed by atoms with E-state index in [0.29, 0.717) is 5.96 Å². The Labute approximate surface area is 113 Å². The maximum absolute atomic E-state index is 11.7. The van der Waals surface area contributed by atoms with Gasteiger partial charge >= 0.3 is 0 Å². The fourth-order valence-corrected chi connectivity index (χ4v) is 1.42. The number of carbonyl (C=O) groups is 1.